The van der Waals surface area contributed by atoms with Crippen LogP contribution < -0.4 is 4.74 Å². The number of halogens is 2. The smallest absolute Gasteiger partial charge is 0.299 e. The molecule has 0 N–H and O–H groups in total. The van der Waals surface area contributed by atoms with Crippen molar-refractivity contribution in [2.24, 2.45) is 0 Å². The SMILES string of the molecule is CC.CC.CC.O=S(=O)(Cl)N1CCC(Oc2ccc(Cl)cc2)CC1. The second-order valence-corrected chi connectivity index (χ2v) is 7.06. The summed E-state index contributed by atoms with van der Waals surface area (Å²) in [6.45, 7) is 12.8. The van der Waals surface area contributed by atoms with E-state index in [2.05, 4.69) is 0 Å². The summed E-state index contributed by atoms with van der Waals surface area (Å²) in [6.07, 6.45) is 1.28. The van der Waals surface area contributed by atoms with Gasteiger partial charge < -0.3 is 4.74 Å². The fourth-order valence-corrected chi connectivity index (χ4v) is 3.06. The van der Waals surface area contributed by atoms with Crippen molar-refractivity contribution in [1.29, 1.82) is 0 Å². The maximum atomic E-state index is 11.1. The van der Waals surface area contributed by atoms with Crippen molar-refractivity contribution in [2.75, 3.05) is 13.1 Å². The van der Waals surface area contributed by atoms with E-state index in [4.69, 9.17) is 27.0 Å². The van der Waals surface area contributed by atoms with E-state index in [0.717, 1.165) is 5.75 Å². The zero-order valence-corrected chi connectivity index (χ0v) is 17.9. The van der Waals surface area contributed by atoms with Crippen LogP contribution in [0.1, 0.15) is 54.4 Å². The third kappa shape index (κ3) is 10.4. The molecule has 0 saturated carbocycles. The molecule has 1 heterocycles. The van der Waals surface area contributed by atoms with E-state index in [1.54, 1.807) is 24.3 Å². The second kappa shape index (κ2) is 14.8. The van der Waals surface area contributed by atoms with E-state index in [-0.39, 0.29) is 6.10 Å². The Morgan fingerprint density at radius 2 is 1.38 bits per heavy atom. The Bertz CT molecular complexity index is 499. The molecule has 2 rings (SSSR count). The second-order valence-electron chi connectivity index (χ2n) is 4.11. The van der Waals surface area contributed by atoms with Gasteiger partial charge in [-0.1, -0.05) is 53.1 Å². The van der Waals surface area contributed by atoms with Crippen LogP contribution in [0.15, 0.2) is 24.3 Å². The summed E-state index contributed by atoms with van der Waals surface area (Å²) < 4.78 is 29.3. The van der Waals surface area contributed by atoms with Gasteiger partial charge in [0.25, 0.3) is 9.24 Å². The third-order valence-electron chi connectivity index (χ3n) is 2.83. The van der Waals surface area contributed by atoms with E-state index < -0.39 is 9.24 Å². The molecule has 0 unspecified atom stereocenters. The molecule has 0 atom stereocenters. The predicted octanol–water partition coefficient (Wildman–Crippen LogP) is 5.75. The normalized spacial score (nSPS) is 14.8. The summed E-state index contributed by atoms with van der Waals surface area (Å²) in [5.74, 6) is 0.742. The average Bonchev–Trinajstić information content (AvgIpc) is 2.62. The van der Waals surface area contributed by atoms with Gasteiger partial charge in [0, 0.05) is 28.8 Å². The van der Waals surface area contributed by atoms with Gasteiger partial charge in [0.2, 0.25) is 0 Å². The summed E-state index contributed by atoms with van der Waals surface area (Å²) in [7, 11) is 1.68. The summed E-state index contributed by atoms with van der Waals surface area (Å²) in [5.41, 5.74) is 0. The molecule has 142 valence electrons. The van der Waals surface area contributed by atoms with Gasteiger partial charge in [-0.15, -0.1) is 0 Å². The van der Waals surface area contributed by atoms with E-state index >= 15 is 0 Å². The summed E-state index contributed by atoms with van der Waals surface area (Å²) >= 11 is 5.78. The molecule has 1 saturated heterocycles. The maximum Gasteiger partial charge on any atom is 0.299 e. The minimum atomic E-state index is -3.60. The van der Waals surface area contributed by atoms with Gasteiger partial charge in [0.15, 0.2) is 0 Å². The molecule has 1 aromatic rings. The largest absolute Gasteiger partial charge is 0.490 e. The molecular formula is C17H31Cl2NO3S. The van der Waals surface area contributed by atoms with Crippen LogP contribution in [0.3, 0.4) is 0 Å². The van der Waals surface area contributed by atoms with Gasteiger partial charge in [0.1, 0.15) is 11.9 Å². The molecule has 0 amide bonds. The molecule has 0 bridgehead atoms. The first-order valence-corrected chi connectivity index (χ1v) is 11.2. The van der Waals surface area contributed by atoms with Gasteiger partial charge in [0.05, 0.1) is 0 Å². The predicted molar refractivity (Wildman–Crippen MR) is 105 cm³/mol. The number of benzene rings is 1. The Morgan fingerprint density at radius 3 is 1.75 bits per heavy atom. The van der Waals surface area contributed by atoms with Crippen molar-refractivity contribution in [1.82, 2.24) is 4.31 Å². The number of hydrogen-bond acceptors (Lipinski definition) is 3. The molecular weight excluding hydrogens is 369 g/mol. The highest BCUT2D eigenvalue weighted by atomic mass is 35.7. The molecule has 0 aliphatic carbocycles. The van der Waals surface area contributed by atoms with Crippen LogP contribution in [0.2, 0.25) is 5.02 Å². The van der Waals surface area contributed by atoms with Crippen LogP contribution in [0.5, 0.6) is 5.75 Å². The van der Waals surface area contributed by atoms with Crippen LogP contribution in [0.4, 0.5) is 0 Å². The van der Waals surface area contributed by atoms with Crippen molar-refractivity contribution < 1.29 is 13.2 Å². The van der Waals surface area contributed by atoms with Crippen molar-refractivity contribution in [3.63, 3.8) is 0 Å². The fraction of sp³-hybridized carbons (Fsp3) is 0.647. The molecule has 1 aromatic carbocycles. The highest BCUT2D eigenvalue weighted by Gasteiger charge is 2.27. The Hall–Kier alpha value is -0.490. The molecule has 1 fully saturated rings. The number of rotatable bonds is 3. The standard InChI is InChI=1S/C11H13Cl2NO3S.3C2H6/c12-9-1-3-10(4-2-9)17-11-5-7-14(8-6-11)18(13,15)16;3*1-2/h1-4,11H,5-8H2;3*1-2H3. The average molecular weight is 400 g/mol. The van der Waals surface area contributed by atoms with Gasteiger partial charge >= 0.3 is 0 Å². The van der Waals surface area contributed by atoms with Gasteiger partial charge in [-0.3, -0.25) is 0 Å². The van der Waals surface area contributed by atoms with E-state index in [9.17, 15) is 8.42 Å². The van der Waals surface area contributed by atoms with Crippen molar-refractivity contribution >= 4 is 31.5 Å². The first-order chi connectivity index (χ1) is 11.4. The van der Waals surface area contributed by atoms with Crippen LogP contribution in [-0.4, -0.2) is 31.9 Å². The molecule has 0 radical (unpaired) electrons. The number of nitrogens with zero attached hydrogens (tertiary/aromatic N) is 1. The minimum absolute atomic E-state index is 0.0147. The topological polar surface area (TPSA) is 46.6 Å². The Morgan fingerprint density at radius 1 is 0.958 bits per heavy atom. The zero-order chi connectivity index (χ0) is 19.2. The van der Waals surface area contributed by atoms with Gasteiger partial charge in [-0.25, -0.2) is 0 Å². The lowest BCUT2D eigenvalue weighted by Crippen LogP contribution is -2.39. The summed E-state index contributed by atoms with van der Waals surface area (Å²) in [5, 5.41) is 0.658. The molecule has 1 aliphatic heterocycles. The molecule has 0 spiro atoms. The van der Waals surface area contributed by atoms with Gasteiger partial charge in [-0.05, 0) is 37.1 Å². The lowest BCUT2D eigenvalue weighted by Gasteiger charge is -2.29. The van der Waals surface area contributed by atoms with Gasteiger partial charge in [-0.2, -0.15) is 12.7 Å². The first kappa shape index (κ1) is 25.7. The fourth-order valence-electron chi connectivity index (χ4n) is 1.87. The lowest BCUT2D eigenvalue weighted by atomic mass is 10.1. The van der Waals surface area contributed by atoms with Crippen LogP contribution in [0, 0.1) is 0 Å². The maximum absolute atomic E-state index is 11.1. The van der Waals surface area contributed by atoms with Crippen LogP contribution in [-0.2, 0) is 9.24 Å². The highest BCUT2D eigenvalue weighted by molar-refractivity contribution is 8.11. The zero-order valence-electron chi connectivity index (χ0n) is 15.6. The molecule has 1 aliphatic rings. The quantitative estimate of drug-likeness (QED) is 0.608. The monoisotopic (exact) mass is 399 g/mol. The summed E-state index contributed by atoms with van der Waals surface area (Å²) in [4.78, 5) is 0. The molecule has 24 heavy (non-hydrogen) atoms. The van der Waals surface area contributed by atoms with Crippen LogP contribution >= 0.6 is 22.3 Å². The number of ether oxygens (including phenoxy) is 1. The lowest BCUT2D eigenvalue weighted by molar-refractivity contribution is 0.136. The number of piperidine rings is 1. The highest BCUT2D eigenvalue weighted by Crippen LogP contribution is 2.22. The van der Waals surface area contributed by atoms with Crippen LogP contribution in [0.25, 0.3) is 0 Å². The van der Waals surface area contributed by atoms with E-state index in [0.29, 0.717) is 31.0 Å². The summed E-state index contributed by atoms with van der Waals surface area (Å²) in [6, 6.07) is 7.12. The van der Waals surface area contributed by atoms with Crippen molar-refractivity contribution in [3.8, 4) is 5.75 Å². The minimum Gasteiger partial charge on any atom is -0.490 e. The van der Waals surface area contributed by atoms with Crippen molar-refractivity contribution in [2.45, 2.75) is 60.5 Å². The van der Waals surface area contributed by atoms with E-state index in [1.807, 2.05) is 41.5 Å². The first-order valence-electron chi connectivity index (χ1n) is 8.57. The Kier molecular flexibility index (Phi) is 15.9. The third-order valence-corrected chi connectivity index (χ3v) is 4.65. The number of hydrogen-bond donors (Lipinski definition) is 0. The van der Waals surface area contributed by atoms with Crippen molar-refractivity contribution in [3.05, 3.63) is 29.3 Å². The van der Waals surface area contributed by atoms with E-state index in [1.165, 1.54) is 4.31 Å². The molecule has 0 aromatic heterocycles. The molecule has 7 heteroatoms. The Labute approximate surface area is 157 Å². The Balaban J connectivity index is 0. The molecule has 4 nitrogen and oxygen atoms in total.